The minimum atomic E-state index is -0.0682. The summed E-state index contributed by atoms with van der Waals surface area (Å²) in [6.45, 7) is 7.28. The Morgan fingerprint density at radius 1 is 1.15 bits per heavy atom. The van der Waals surface area contributed by atoms with Gasteiger partial charge >= 0.3 is 0 Å². The van der Waals surface area contributed by atoms with Gasteiger partial charge in [-0.1, -0.05) is 26.0 Å². The first-order chi connectivity index (χ1) is 12.6. The van der Waals surface area contributed by atoms with E-state index < -0.39 is 0 Å². The fourth-order valence-corrected chi connectivity index (χ4v) is 3.56. The first-order valence-corrected chi connectivity index (χ1v) is 9.83. The van der Waals surface area contributed by atoms with Crippen LogP contribution in [0.4, 0.5) is 0 Å². The molecule has 140 valence electrons. The number of ether oxygens (including phenoxy) is 2. The van der Waals surface area contributed by atoms with E-state index in [1.165, 1.54) is 10.4 Å². The summed E-state index contributed by atoms with van der Waals surface area (Å²) in [6.07, 6.45) is 1.00. The van der Waals surface area contributed by atoms with Crippen molar-refractivity contribution in [3.05, 3.63) is 46.2 Å². The number of guanidine groups is 1. The maximum atomic E-state index is 5.71. The quantitative estimate of drug-likeness (QED) is 0.603. The molecule has 26 heavy (non-hydrogen) atoms. The molecule has 0 unspecified atom stereocenters. The summed E-state index contributed by atoms with van der Waals surface area (Å²) in [5.41, 5.74) is 1.14. The Bertz CT molecular complexity index is 742. The van der Waals surface area contributed by atoms with Gasteiger partial charge in [-0.3, -0.25) is 4.99 Å². The largest absolute Gasteiger partial charge is 0.486 e. The Balaban J connectivity index is 1.54. The van der Waals surface area contributed by atoms with Crippen molar-refractivity contribution in [2.45, 2.75) is 25.7 Å². The van der Waals surface area contributed by atoms with E-state index in [0.29, 0.717) is 13.2 Å². The van der Waals surface area contributed by atoms with E-state index >= 15 is 0 Å². The Morgan fingerprint density at radius 3 is 2.69 bits per heavy atom. The van der Waals surface area contributed by atoms with Crippen LogP contribution in [0.5, 0.6) is 11.5 Å². The third-order valence-corrected chi connectivity index (χ3v) is 5.43. The van der Waals surface area contributed by atoms with Crippen molar-refractivity contribution in [3.63, 3.8) is 0 Å². The standard InChI is InChI=1S/C20H27N3O2S/c1-20(2,15-6-7-17-18(13-15)25-11-10-24-17)14-23-19(21-3)22-9-8-16-5-4-12-26-16/h4-7,12-13H,8-11,14H2,1-3H3,(H2,21,22,23). The number of benzene rings is 1. The second-order valence-electron chi connectivity index (χ2n) is 6.92. The molecule has 0 saturated heterocycles. The number of fused-ring (bicyclic) bond motifs is 1. The first kappa shape index (κ1) is 18.6. The Labute approximate surface area is 159 Å². The van der Waals surface area contributed by atoms with Gasteiger partial charge in [-0.25, -0.2) is 0 Å². The zero-order chi connectivity index (χ0) is 18.4. The Morgan fingerprint density at radius 2 is 1.96 bits per heavy atom. The number of nitrogens with one attached hydrogen (secondary N) is 2. The van der Waals surface area contributed by atoms with Crippen LogP contribution < -0.4 is 20.1 Å². The van der Waals surface area contributed by atoms with Gasteiger partial charge in [0.25, 0.3) is 0 Å². The highest BCUT2D eigenvalue weighted by Gasteiger charge is 2.23. The molecular formula is C20H27N3O2S. The number of nitrogens with zero attached hydrogens (tertiary/aromatic N) is 1. The predicted molar refractivity (Wildman–Crippen MR) is 108 cm³/mol. The van der Waals surface area contributed by atoms with E-state index in [1.807, 2.05) is 6.07 Å². The lowest BCUT2D eigenvalue weighted by Gasteiger charge is -2.28. The number of hydrogen-bond donors (Lipinski definition) is 2. The van der Waals surface area contributed by atoms with Crippen molar-refractivity contribution in [3.8, 4) is 11.5 Å². The van der Waals surface area contributed by atoms with Crippen LogP contribution in [-0.2, 0) is 11.8 Å². The van der Waals surface area contributed by atoms with E-state index in [2.05, 4.69) is 59.1 Å². The lowest BCUT2D eigenvalue weighted by atomic mass is 9.84. The molecule has 5 nitrogen and oxygen atoms in total. The lowest BCUT2D eigenvalue weighted by molar-refractivity contribution is 0.171. The maximum Gasteiger partial charge on any atom is 0.191 e. The van der Waals surface area contributed by atoms with Crippen molar-refractivity contribution in [2.75, 3.05) is 33.4 Å². The number of aliphatic imine (C=N–C) groups is 1. The van der Waals surface area contributed by atoms with Crippen LogP contribution in [0.25, 0.3) is 0 Å². The van der Waals surface area contributed by atoms with E-state index in [0.717, 1.165) is 37.0 Å². The van der Waals surface area contributed by atoms with Crippen LogP contribution in [0.15, 0.2) is 40.7 Å². The average molecular weight is 374 g/mol. The van der Waals surface area contributed by atoms with E-state index in [4.69, 9.17) is 9.47 Å². The molecule has 1 aliphatic heterocycles. The van der Waals surface area contributed by atoms with Gasteiger partial charge < -0.3 is 20.1 Å². The SMILES string of the molecule is CN=C(NCCc1cccs1)NCC(C)(C)c1ccc2c(c1)OCCO2. The molecule has 1 aliphatic rings. The van der Waals surface area contributed by atoms with Gasteiger partial charge in [0.1, 0.15) is 13.2 Å². The van der Waals surface area contributed by atoms with Crippen LogP contribution in [0, 0.1) is 0 Å². The molecule has 0 atom stereocenters. The second kappa shape index (κ2) is 8.45. The van der Waals surface area contributed by atoms with Crippen LogP contribution in [0.3, 0.4) is 0 Å². The highest BCUT2D eigenvalue weighted by Crippen LogP contribution is 2.34. The summed E-state index contributed by atoms with van der Waals surface area (Å²) >= 11 is 1.79. The number of hydrogen-bond acceptors (Lipinski definition) is 4. The molecule has 0 saturated carbocycles. The van der Waals surface area contributed by atoms with Crippen LogP contribution >= 0.6 is 11.3 Å². The normalized spacial score (nSPS) is 14.2. The molecule has 1 aromatic carbocycles. The molecule has 2 heterocycles. The lowest BCUT2D eigenvalue weighted by Crippen LogP contribution is -2.44. The zero-order valence-corrected chi connectivity index (χ0v) is 16.5. The van der Waals surface area contributed by atoms with Gasteiger partial charge in [0.2, 0.25) is 0 Å². The molecule has 6 heteroatoms. The summed E-state index contributed by atoms with van der Waals surface area (Å²) in [5, 5.41) is 8.93. The number of thiophene rings is 1. The van der Waals surface area contributed by atoms with Crippen molar-refractivity contribution in [1.29, 1.82) is 0 Å². The fraction of sp³-hybridized carbons (Fsp3) is 0.450. The highest BCUT2D eigenvalue weighted by molar-refractivity contribution is 7.09. The van der Waals surface area contributed by atoms with E-state index in [-0.39, 0.29) is 5.41 Å². The van der Waals surface area contributed by atoms with Gasteiger partial charge in [0.15, 0.2) is 17.5 Å². The van der Waals surface area contributed by atoms with Crippen LogP contribution in [0.1, 0.15) is 24.3 Å². The molecule has 0 spiro atoms. The van der Waals surface area contributed by atoms with Gasteiger partial charge in [-0.2, -0.15) is 0 Å². The maximum absolute atomic E-state index is 5.71. The van der Waals surface area contributed by atoms with Crippen molar-refractivity contribution in [2.24, 2.45) is 4.99 Å². The Hall–Kier alpha value is -2.21. The van der Waals surface area contributed by atoms with E-state index in [1.54, 1.807) is 18.4 Å². The summed E-state index contributed by atoms with van der Waals surface area (Å²) in [4.78, 5) is 5.71. The molecule has 2 N–H and O–H groups in total. The predicted octanol–water partition coefficient (Wildman–Crippen LogP) is 3.20. The average Bonchev–Trinajstić information content (AvgIpc) is 3.17. The molecule has 3 rings (SSSR count). The summed E-state index contributed by atoms with van der Waals surface area (Å²) in [5.74, 6) is 2.49. The molecule has 0 radical (unpaired) electrons. The molecule has 0 amide bonds. The molecule has 0 fully saturated rings. The minimum Gasteiger partial charge on any atom is -0.486 e. The molecule has 0 aliphatic carbocycles. The second-order valence-corrected chi connectivity index (χ2v) is 7.96. The monoisotopic (exact) mass is 373 g/mol. The number of rotatable bonds is 6. The molecule has 2 aromatic rings. The van der Waals surface area contributed by atoms with Gasteiger partial charge in [-0.05, 0) is 35.6 Å². The third kappa shape index (κ3) is 4.69. The topological polar surface area (TPSA) is 54.9 Å². The zero-order valence-electron chi connectivity index (χ0n) is 15.7. The summed E-state index contributed by atoms with van der Waals surface area (Å²) in [6, 6.07) is 10.4. The fourth-order valence-electron chi connectivity index (χ4n) is 2.85. The smallest absolute Gasteiger partial charge is 0.191 e. The summed E-state index contributed by atoms with van der Waals surface area (Å²) < 4.78 is 11.3. The van der Waals surface area contributed by atoms with Gasteiger partial charge in [-0.15, -0.1) is 11.3 Å². The molecular weight excluding hydrogens is 346 g/mol. The summed E-state index contributed by atoms with van der Waals surface area (Å²) in [7, 11) is 1.80. The third-order valence-electron chi connectivity index (χ3n) is 4.49. The van der Waals surface area contributed by atoms with E-state index in [9.17, 15) is 0 Å². The van der Waals surface area contributed by atoms with Crippen LogP contribution in [-0.4, -0.2) is 39.3 Å². The minimum absolute atomic E-state index is 0.0682. The van der Waals surface area contributed by atoms with Gasteiger partial charge in [0.05, 0.1) is 0 Å². The van der Waals surface area contributed by atoms with Gasteiger partial charge in [0, 0.05) is 30.4 Å². The molecule has 1 aromatic heterocycles. The Kier molecular flexibility index (Phi) is 6.04. The van der Waals surface area contributed by atoms with Crippen molar-refractivity contribution >= 4 is 17.3 Å². The van der Waals surface area contributed by atoms with Crippen LogP contribution in [0.2, 0.25) is 0 Å². The van der Waals surface area contributed by atoms with Crippen molar-refractivity contribution in [1.82, 2.24) is 10.6 Å². The van der Waals surface area contributed by atoms with Crippen molar-refractivity contribution < 1.29 is 9.47 Å². The highest BCUT2D eigenvalue weighted by atomic mass is 32.1. The first-order valence-electron chi connectivity index (χ1n) is 8.95. The molecule has 0 bridgehead atoms.